The number of aromatic nitrogens is 2. The molecule has 0 bridgehead atoms. The van der Waals surface area contributed by atoms with Gasteiger partial charge in [-0.15, -0.1) is 0 Å². The molecule has 1 unspecified atom stereocenters. The van der Waals surface area contributed by atoms with E-state index in [4.69, 9.17) is 8.94 Å². The molecule has 2 N–H and O–H groups in total. The highest BCUT2D eigenvalue weighted by Gasteiger charge is 2.16. The third kappa shape index (κ3) is 5.02. The van der Waals surface area contributed by atoms with Gasteiger partial charge >= 0.3 is 0 Å². The number of rotatable bonds is 8. The van der Waals surface area contributed by atoms with Gasteiger partial charge in [0.15, 0.2) is 0 Å². The summed E-state index contributed by atoms with van der Waals surface area (Å²) in [5.41, 5.74) is 1.85. The minimum atomic E-state index is -0.210. The van der Waals surface area contributed by atoms with E-state index in [2.05, 4.69) is 32.9 Å². The van der Waals surface area contributed by atoms with E-state index in [0.29, 0.717) is 41.5 Å². The van der Waals surface area contributed by atoms with Crippen LogP contribution < -0.4 is 10.6 Å². The molecule has 1 aliphatic carbocycles. The number of carbonyl (C=O) groups excluding carboxylic acids is 2. The molecular formula is C22H22N4O4. The second-order valence-corrected chi connectivity index (χ2v) is 7.14. The van der Waals surface area contributed by atoms with Gasteiger partial charge in [-0.25, -0.2) is 0 Å². The summed E-state index contributed by atoms with van der Waals surface area (Å²) in [7, 11) is 0. The van der Waals surface area contributed by atoms with Crippen molar-refractivity contribution in [1.82, 2.24) is 10.1 Å². The van der Waals surface area contributed by atoms with Gasteiger partial charge in [-0.05, 0) is 37.0 Å². The molecule has 1 aromatic carbocycles. The number of allylic oxidation sites excluding steroid dienone is 2. The van der Waals surface area contributed by atoms with Crippen molar-refractivity contribution in [3.8, 4) is 11.4 Å². The first-order valence-electron chi connectivity index (χ1n) is 9.88. The number of nitrogens with one attached hydrogen (secondary N) is 2. The van der Waals surface area contributed by atoms with E-state index >= 15 is 0 Å². The highest BCUT2D eigenvalue weighted by molar-refractivity contribution is 5.99. The quantitative estimate of drug-likeness (QED) is 0.543. The highest BCUT2D eigenvalue weighted by atomic mass is 16.5. The number of nitrogens with zero attached hydrogens (tertiary/aromatic N) is 2. The summed E-state index contributed by atoms with van der Waals surface area (Å²) in [6, 6.07) is 8.88. The number of amides is 2. The molecule has 0 aliphatic heterocycles. The third-order valence-electron chi connectivity index (χ3n) is 4.85. The fourth-order valence-corrected chi connectivity index (χ4v) is 3.30. The van der Waals surface area contributed by atoms with Crippen LogP contribution in [0.15, 0.2) is 64.0 Å². The van der Waals surface area contributed by atoms with Gasteiger partial charge in [0.25, 0.3) is 0 Å². The summed E-state index contributed by atoms with van der Waals surface area (Å²) in [6.45, 7) is 0. The lowest BCUT2D eigenvalue weighted by molar-refractivity contribution is -0.117. The number of carbonyl (C=O) groups is 2. The Morgan fingerprint density at radius 2 is 1.90 bits per heavy atom. The zero-order chi connectivity index (χ0) is 20.8. The fraction of sp³-hybridized carbons (Fsp3) is 0.273. The normalized spacial score (nSPS) is 15.3. The maximum Gasteiger partial charge on any atom is 0.227 e. The predicted octanol–water partition coefficient (Wildman–Crippen LogP) is 4.20. The third-order valence-corrected chi connectivity index (χ3v) is 4.85. The van der Waals surface area contributed by atoms with Gasteiger partial charge < -0.3 is 19.6 Å². The summed E-state index contributed by atoms with van der Waals surface area (Å²) in [6.07, 6.45) is 10.2. The molecule has 1 atom stereocenters. The summed E-state index contributed by atoms with van der Waals surface area (Å²) in [5, 5.41) is 9.62. The maximum absolute atomic E-state index is 12.4. The van der Waals surface area contributed by atoms with Gasteiger partial charge in [0.2, 0.25) is 23.5 Å². The van der Waals surface area contributed by atoms with Crippen molar-refractivity contribution in [2.45, 2.75) is 32.1 Å². The second-order valence-electron chi connectivity index (χ2n) is 7.14. The molecule has 1 aliphatic rings. The minimum Gasteiger partial charge on any atom is -0.472 e. The molecule has 0 fully saturated rings. The molecule has 8 nitrogen and oxygen atoms in total. The number of aryl methyl sites for hydroxylation is 1. The van der Waals surface area contributed by atoms with Crippen molar-refractivity contribution in [2.75, 3.05) is 10.6 Å². The lowest BCUT2D eigenvalue weighted by atomic mass is 10.0. The lowest BCUT2D eigenvalue weighted by Gasteiger charge is -2.13. The van der Waals surface area contributed by atoms with Crippen molar-refractivity contribution in [2.24, 2.45) is 5.92 Å². The van der Waals surface area contributed by atoms with Crippen LogP contribution in [0.5, 0.6) is 0 Å². The van der Waals surface area contributed by atoms with Gasteiger partial charge in [0.05, 0.1) is 23.2 Å². The molecule has 0 saturated carbocycles. The van der Waals surface area contributed by atoms with Crippen molar-refractivity contribution >= 4 is 23.2 Å². The van der Waals surface area contributed by atoms with E-state index in [1.165, 1.54) is 12.5 Å². The molecular weight excluding hydrogens is 384 g/mol. The van der Waals surface area contributed by atoms with Gasteiger partial charge in [0, 0.05) is 19.3 Å². The van der Waals surface area contributed by atoms with Crippen LogP contribution in [-0.2, 0) is 16.0 Å². The number of hydrogen-bond acceptors (Lipinski definition) is 6. The largest absolute Gasteiger partial charge is 0.472 e. The molecule has 8 heteroatoms. The Labute approximate surface area is 173 Å². The first-order valence-corrected chi connectivity index (χ1v) is 9.88. The van der Waals surface area contributed by atoms with E-state index < -0.39 is 0 Å². The summed E-state index contributed by atoms with van der Waals surface area (Å²) in [5.74, 6) is 0.800. The van der Waals surface area contributed by atoms with Crippen molar-refractivity contribution in [1.29, 1.82) is 0 Å². The molecule has 0 saturated heterocycles. The van der Waals surface area contributed by atoms with E-state index in [-0.39, 0.29) is 24.2 Å². The van der Waals surface area contributed by atoms with E-state index in [0.717, 1.165) is 12.8 Å². The van der Waals surface area contributed by atoms with E-state index in [1.807, 2.05) is 6.07 Å². The zero-order valence-electron chi connectivity index (χ0n) is 16.3. The number of furan rings is 1. The molecule has 3 aromatic rings. The maximum atomic E-state index is 12.4. The second kappa shape index (κ2) is 9.21. The van der Waals surface area contributed by atoms with Gasteiger partial charge in [-0.3, -0.25) is 9.59 Å². The molecule has 2 amide bonds. The highest BCUT2D eigenvalue weighted by Crippen LogP contribution is 2.24. The topological polar surface area (TPSA) is 110 Å². The Bertz CT molecular complexity index is 1040. The van der Waals surface area contributed by atoms with Crippen LogP contribution in [0.25, 0.3) is 11.4 Å². The summed E-state index contributed by atoms with van der Waals surface area (Å²) < 4.78 is 10.2. The molecule has 2 aromatic heterocycles. The SMILES string of the molecule is O=C(CCc1nc(-c2ccoc2)no1)Nc1ccccc1NC(=O)CC1C=CCC1. The molecule has 2 heterocycles. The van der Waals surface area contributed by atoms with Crippen LogP contribution in [0.3, 0.4) is 0 Å². The standard InChI is InChI=1S/C22H22N4O4/c27-19(9-10-21-25-22(26-30-21)16-11-12-29-14-16)23-17-7-3-4-8-18(17)24-20(28)13-15-5-1-2-6-15/h1,3-5,7-8,11-12,14-15H,2,6,9-10,13H2,(H,23,27)(H,24,28). The van der Waals surface area contributed by atoms with E-state index in [1.54, 1.807) is 24.3 Å². The summed E-state index contributed by atoms with van der Waals surface area (Å²) >= 11 is 0. The number of para-hydroxylation sites is 2. The van der Waals surface area contributed by atoms with Crippen LogP contribution in [0, 0.1) is 5.92 Å². The number of benzene rings is 1. The average Bonchev–Trinajstić information content (AvgIpc) is 3.50. The van der Waals surface area contributed by atoms with Crippen LogP contribution in [0.1, 0.15) is 31.6 Å². The Hall–Kier alpha value is -3.68. The smallest absolute Gasteiger partial charge is 0.227 e. The van der Waals surface area contributed by atoms with E-state index in [9.17, 15) is 9.59 Å². The average molecular weight is 406 g/mol. The summed E-state index contributed by atoms with van der Waals surface area (Å²) in [4.78, 5) is 29.0. The Balaban J connectivity index is 1.31. The number of hydrogen-bond donors (Lipinski definition) is 2. The first-order chi connectivity index (χ1) is 14.7. The van der Waals surface area contributed by atoms with Crippen LogP contribution in [0.4, 0.5) is 11.4 Å². The zero-order valence-corrected chi connectivity index (χ0v) is 16.3. The van der Waals surface area contributed by atoms with Crippen LogP contribution in [0.2, 0.25) is 0 Å². The minimum absolute atomic E-state index is 0.0640. The first kappa shape index (κ1) is 19.6. The Kier molecular flexibility index (Phi) is 6.03. The Morgan fingerprint density at radius 1 is 1.10 bits per heavy atom. The molecule has 154 valence electrons. The van der Waals surface area contributed by atoms with Crippen LogP contribution in [-0.4, -0.2) is 22.0 Å². The predicted molar refractivity (Wildman–Crippen MR) is 111 cm³/mol. The van der Waals surface area contributed by atoms with Crippen molar-refractivity contribution < 1.29 is 18.5 Å². The van der Waals surface area contributed by atoms with Crippen LogP contribution >= 0.6 is 0 Å². The molecule has 30 heavy (non-hydrogen) atoms. The number of anilines is 2. The van der Waals surface area contributed by atoms with Crippen molar-refractivity contribution in [3.05, 3.63) is 60.9 Å². The van der Waals surface area contributed by atoms with Crippen molar-refractivity contribution in [3.63, 3.8) is 0 Å². The van der Waals surface area contributed by atoms with Gasteiger partial charge in [-0.2, -0.15) is 4.98 Å². The molecule has 4 rings (SSSR count). The molecule has 0 spiro atoms. The lowest BCUT2D eigenvalue weighted by Crippen LogP contribution is -2.18. The molecule has 0 radical (unpaired) electrons. The van der Waals surface area contributed by atoms with Gasteiger partial charge in [-0.1, -0.05) is 29.4 Å². The fourth-order valence-electron chi connectivity index (χ4n) is 3.30. The van der Waals surface area contributed by atoms with Gasteiger partial charge in [0.1, 0.15) is 6.26 Å². The Morgan fingerprint density at radius 3 is 2.60 bits per heavy atom. The monoisotopic (exact) mass is 406 g/mol.